The molecule has 0 aromatic rings. The Balaban J connectivity index is 2.36. The molecule has 2 rings (SSSR count). The van der Waals surface area contributed by atoms with E-state index in [1.807, 2.05) is 0 Å². The molecule has 0 N–H and O–H groups in total. The van der Waals surface area contributed by atoms with Crippen LogP contribution >= 0.6 is 0 Å². The van der Waals surface area contributed by atoms with Crippen LogP contribution in [0.25, 0.3) is 0 Å². The van der Waals surface area contributed by atoms with Gasteiger partial charge in [-0.2, -0.15) is 0 Å². The molecule has 10 heavy (non-hydrogen) atoms. The topological polar surface area (TPSA) is 9.23 Å². The van der Waals surface area contributed by atoms with E-state index in [1.54, 1.807) is 8.94 Å². The van der Waals surface area contributed by atoms with Crippen molar-refractivity contribution < 1.29 is 4.74 Å². The molecule has 56 valence electrons. The third kappa shape index (κ3) is 0.730. The summed E-state index contributed by atoms with van der Waals surface area (Å²) in [6.07, 6.45) is 0. The van der Waals surface area contributed by atoms with Crippen LogP contribution in [0.1, 0.15) is 27.7 Å². The molecule has 0 amide bonds. The van der Waals surface area contributed by atoms with E-state index < -0.39 is 0 Å². The Kier molecular flexibility index (Phi) is 1.05. The van der Waals surface area contributed by atoms with Gasteiger partial charge in [0.05, 0.1) is 0 Å². The van der Waals surface area contributed by atoms with E-state index in [9.17, 15) is 0 Å². The zero-order valence-corrected chi connectivity index (χ0v) is 8.53. The quantitative estimate of drug-likeness (QED) is 0.542. The van der Waals surface area contributed by atoms with Gasteiger partial charge >= 0.3 is 67.5 Å². The average Bonchev–Trinajstić information content (AvgIpc) is 2.29. The summed E-state index contributed by atoms with van der Waals surface area (Å²) >= 11 is 0.714. The molecule has 1 nitrogen and oxygen atoms in total. The van der Waals surface area contributed by atoms with Crippen LogP contribution in [0.15, 0.2) is 8.94 Å². The summed E-state index contributed by atoms with van der Waals surface area (Å²) in [5, 5.41) is 0. The molecule has 0 fully saturated rings. The van der Waals surface area contributed by atoms with Crippen molar-refractivity contribution in [1.82, 2.24) is 0 Å². The Morgan fingerprint density at radius 1 is 1.00 bits per heavy atom. The minimum atomic E-state index is 0.0683. The summed E-state index contributed by atoms with van der Waals surface area (Å²) in [4.78, 5) is 0. The maximum atomic E-state index is 5.84. The molecule has 2 heteroatoms. The second-order valence-electron chi connectivity index (χ2n) is 3.88. The van der Waals surface area contributed by atoms with E-state index in [1.165, 1.54) is 0 Å². The van der Waals surface area contributed by atoms with Gasteiger partial charge in [-0.05, 0) is 0 Å². The third-order valence-corrected chi connectivity index (χ3v) is 5.32. The summed E-state index contributed by atoms with van der Waals surface area (Å²) in [5.74, 6) is 0. The van der Waals surface area contributed by atoms with Crippen LogP contribution in [-0.4, -0.2) is 26.2 Å². The molecule has 0 radical (unpaired) electrons. The van der Waals surface area contributed by atoms with Gasteiger partial charge in [-0.3, -0.25) is 0 Å². The van der Waals surface area contributed by atoms with Gasteiger partial charge in [-0.25, -0.2) is 0 Å². The first-order valence-corrected chi connectivity index (χ1v) is 5.28. The molecule has 0 aromatic heterocycles. The van der Waals surface area contributed by atoms with Crippen molar-refractivity contribution >= 4 is 15.0 Å². The summed E-state index contributed by atoms with van der Waals surface area (Å²) in [6, 6.07) is 0. The first-order valence-electron chi connectivity index (χ1n) is 3.57. The Morgan fingerprint density at radius 3 is 1.50 bits per heavy atom. The van der Waals surface area contributed by atoms with Crippen molar-refractivity contribution in [1.29, 1.82) is 0 Å². The number of rotatable bonds is 0. The zero-order chi connectivity index (χ0) is 7.57. The van der Waals surface area contributed by atoms with Crippen LogP contribution in [0.5, 0.6) is 0 Å². The van der Waals surface area contributed by atoms with Crippen molar-refractivity contribution in [2.45, 2.75) is 38.9 Å². The molecule has 0 atom stereocenters. The predicted molar refractivity (Wildman–Crippen MR) is 42.0 cm³/mol. The van der Waals surface area contributed by atoms with Crippen molar-refractivity contribution in [3.63, 3.8) is 0 Å². The molecule has 2 aliphatic rings. The standard InChI is InChI=1S/C8H12OSe/c1-7(2)5-6(10-5)8(3,4)9-7/h1-4H3. The molecule has 0 saturated heterocycles. The second kappa shape index (κ2) is 1.52. The molecule has 2 heterocycles. The van der Waals surface area contributed by atoms with Crippen LogP contribution in [0.4, 0.5) is 0 Å². The molecular weight excluding hydrogens is 191 g/mol. The van der Waals surface area contributed by atoms with E-state index >= 15 is 0 Å². The normalized spacial score (nSPS) is 32.4. The van der Waals surface area contributed by atoms with Gasteiger partial charge in [0.15, 0.2) is 0 Å². The average molecular weight is 203 g/mol. The Hall–Kier alpha value is 0.219. The molecule has 0 unspecified atom stereocenters. The van der Waals surface area contributed by atoms with Gasteiger partial charge in [0.25, 0.3) is 0 Å². The maximum absolute atomic E-state index is 5.84. The second-order valence-corrected chi connectivity index (χ2v) is 6.02. The molecule has 0 spiro atoms. The van der Waals surface area contributed by atoms with Gasteiger partial charge in [0, 0.05) is 0 Å². The molecule has 0 aromatic carbocycles. The monoisotopic (exact) mass is 204 g/mol. The molecule has 0 aliphatic carbocycles. The van der Waals surface area contributed by atoms with Crippen molar-refractivity contribution in [2.75, 3.05) is 0 Å². The van der Waals surface area contributed by atoms with Crippen LogP contribution in [0.3, 0.4) is 0 Å². The summed E-state index contributed by atoms with van der Waals surface area (Å²) in [5.41, 5.74) is 0.137. The van der Waals surface area contributed by atoms with E-state index in [-0.39, 0.29) is 11.2 Å². The summed E-state index contributed by atoms with van der Waals surface area (Å²) in [7, 11) is 0. The first kappa shape index (κ1) is 6.90. The minimum absolute atomic E-state index is 0.0683. The Bertz CT molecular complexity index is 203. The van der Waals surface area contributed by atoms with Crippen LogP contribution < -0.4 is 0 Å². The molecular formula is C8H12OSe. The third-order valence-electron chi connectivity index (χ3n) is 1.97. The van der Waals surface area contributed by atoms with Gasteiger partial charge < -0.3 is 0 Å². The zero-order valence-electron chi connectivity index (χ0n) is 6.82. The molecule has 0 bridgehead atoms. The van der Waals surface area contributed by atoms with Crippen molar-refractivity contribution in [3.8, 4) is 0 Å². The number of ether oxygens (including phenoxy) is 1. The number of hydrogen-bond acceptors (Lipinski definition) is 1. The fourth-order valence-electron chi connectivity index (χ4n) is 1.60. The Labute approximate surface area is 68.0 Å². The van der Waals surface area contributed by atoms with Gasteiger partial charge in [-0.15, -0.1) is 0 Å². The van der Waals surface area contributed by atoms with Gasteiger partial charge in [0.1, 0.15) is 0 Å². The van der Waals surface area contributed by atoms with E-state index in [2.05, 4.69) is 27.7 Å². The van der Waals surface area contributed by atoms with E-state index in [4.69, 9.17) is 4.74 Å². The van der Waals surface area contributed by atoms with Crippen LogP contribution in [0.2, 0.25) is 0 Å². The van der Waals surface area contributed by atoms with Crippen molar-refractivity contribution in [3.05, 3.63) is 8.94 Å². The Morgan fingerprint density at radius 2 is 1.40 bits per heavy atom. The summed E-state index contributed by atoms with van der Waals surface area (Å²) < 4.78 is 9.04. The first-order chi connectivity index (χ1) is 4.43. The van der Waals surface area contributed by atoms with Gasteiger partial charge in [0.2, 0.25) is 0 Å². The van der Waals surface area contributed by atoms with Crippen molar-refractivity contribution in [2.24, 2.45) is 0 Å². The number of hydrogen-bond donors (Lipinski definition) is 0. The fraction of sp³-hybridized carbons (Fsp3) is 0.750. The fourth-order valence-corrected chi connectivity index (χ4v) is 4.16. The molecule has 0 saturated carbocycles. The van der Waals surface area contributed by atoms with E-state index in [0.717, 1.165) is 0 Å². The predicted octanol–water partition coefficient (Wildman–Crippen LogP) is 1.50. The summed E-state index contributed by atoms with van der Waals surface area (Å²) in [6.45, 7) is 8.69. The van der Waals surface area contributed by atoms with Gasteiger partial charge in [-0.1, -0.05) is 0 Å². The van der Waals surface area contributed by atoms with Crippen LogP contribution in [-0.2, 0) is 4.74 Å². The van der Waals surface area contributed by atoms with Crippen LogP contribution in [0, 0.1) is 0 Å². The van der Waals surface area contributed by atoms with E-state index in [0.29, 0.717) is 15.0 Å². The molecule has 2 aliphatic heterocycles. The SMILES string of the molecule is CC1(C)OC(C)(C)C2=C1[Se]2.